The molecule has 3 aromatic rings. The van der Waals surface area contributed by atoms with Crippen molar-refractivity contribution in [3.8, 4) is 0 Å². The van der Waals surface area contributed by atoms with Crippen molar-refractivity contribution in [1.82, 2.24) is 20.3 Å². The van der Waals surface area contributed by atoms with E-state index in [0.29, 0.717) is 23.7 Å². The largest absolute Gasteiger partial charge is 0.478 e. The van der Waals surface area contributed by atoms with Crippen molar-refractivity contribution in [2.75, 3.05) is 0 Å². The van der Waals surface area contributed by atoms with Gasteiger partial charge in [-0.1, -0.05) is 55.3 Å². The van der Waals surface area contributed by atoms with Gasteiger partial charge in [0.1, 0.15) is 11.5 Å². The number of aromatic nitrogens is 2. The molecule has 0 aliphatic carbocycles. The van der Waals surface area contributed by atoms with Gasteiger partial charge in [0, 0.05) is 30.5 Å². The number of hydrogen-bond acceptors (Lipinski definition) is 5. The fourth-order valence-corrected chi connectivity index (χ4v) is 4.09. The minimum absolute atomic E-state index is 0.152. The highest BCUT2D eigenvalue weighted by Gasteiger charge is 2.22. The van der Waals surface area contributed by atoms with Crippen LogP contribution in [0.15, 0.2) is 54.7 Å². The number of halogens is 1. The van der Waals surface area contributed by atoms with Crippen molar-refractivity contribution in [1.29, 1.82) is 0 Å². The highest BCUT2D eigenvalue weighted by molar-refractivity contribution is 6.31. The maximum atomic E-state index is 13.4. The second kappa shape index (κ2) is 12.9. The number of aryl methyl sites for hydroxylation is 1. The molecule has 0 radical (unpaired) electrons. The molecule has 0 unspecified atom stereocenters. The Balaban J connectivity index is 1.87. The van der Waals surface area contributed by atoms with Gasteiger partial charge in [0.05, 0.1) is 11.8 Å². The Morgan fingerprint density at radius 2 is 1.83 bits per heavy atom. The highest BCUT2D eigenvalue weighted by atomic mass is 35.5. The molecular weight excluding hydrogens is 484 g/mol. The molecule has 1 atom stereocenters. The minimum atomic E-state index is -1.01. The number of imidazole rings is 1. The van der Waals surface area contributed by atoms with Crippen LogP contribution in [0, 0.1) is 0 Å². The molecule has 0 saturated carbocycles. The average Bonchev–Trinajstić information content (AvgIpc) is 3.26. The van der Waals surface area contributed by atoms with Gasteiger partial charge in [-0.25, -0.2) is 15.3 Å². The Hall–Kier alpha value is -3.69. The first kappa shape index (κ1) is 26.9. The topological polar surface area (TPSA) is 134 Å². The Bertz CT molecular complexity index is 1210. The summed E-state index contributed by atoms with van der Waals surface area (Å²) in [6, 6.07) is 13.0. The summed E-state index contributed by atoms with van der Waals surface area (Å²) in [4.78, 5) is 40.9. The lowest BCUT2D eigenvalue weighted by Crippen LogP contribution is -2.41. The van der Waals surface area contributed by atoms with Crippen molar-refractivity contribution in [2.24, 2.45) is 0 Å². The Labute approximate surface area is 214 Å². The molecule has 0 saturated heterocycles. The van der Waals surface area contributed by atoms with Gasteiger partial charge in [-0.05, 0) is 42.2 Å². The summed E-state index contributed by atoms with van der Waals surface area (Å²) in [7, 11) is 0. The summed E-state index contributed by atoms with van der Waals surface area (Å²) in [5.41, 5.74) is 3.68. The van der Waals surface area contributed by atoms with E-state index >= 15 is 0 Å². The van der Waals surface area contributed by atoms with Gasteiger partial charge >= 0.3 is 5.97 Å². The molecule has 0 aliphatic rings. The van der Waals surface area contributed by atoms with Crippen LogP contribution < -0.4 is 10.8 Å². The lowest BCUT2D eigenvalue weighted by Gasteiger charge is -2.20. The summed E-state index contributed by atoms with van der Waals surface area (Å²) in [6.45, 7) is 2.39. The molecule has 4 N–H and O–H groups in total. The van der Waals surface area contributed by atoms with E-state index in [1.807, 2.05) is 12.1 Å². The van der Waals surface area contributed by atoms with Gasteiger partial charge in [0.15, 0.2) is 0 Å². The van der Waals surface area contributed by atoms with Crippen LogP contribution in [0.4, 0.5) is 0 Å². The van der Waals surface area contributed by atoms with E-state index in [-0.39, 0.29) is 18.4 Å². The fourth-order valence-electron chi connectivity index (χ4n) is 3.87. The van der Waals surface area contributed by atoms with E-state index in [1.165, 1.54) is 18.3 Å². The van der Waals surface area contributed by atoms with Crippen molar-refractivity contribution >= 4 is 29.4 Å². The van der Waals surface area contributed by atoms with E-state index in [2.05, 4.69) is 17.2 Å². The van der Waals surface area contributed by atoms with Gasteiger partial charge in [0.25, 0.3) is 5.91 Å². The molecular formula is C26H29ClN4O5. The van der Waals surface area contributed by atoms with Crippen molar-refractivity contribution in [3.63, 3.8) is 0 Å². The third-order valence-electron chi connectivity index (χ3n) is 5.78. The quantitative estimate of drug-likeness (QED) is 0.215. The zero-order valence-corrected chi connectivity index (χ0v) is 20.7. The monoisotopic (exact) mass is 512 g/mol. The third kappa shape index (κ3) is 7.16. The first-order chi connectivity index (χ1) is 17.3. The second-order valence-electron chi connectivity index (χ2n) is 8.46. The summed E-state index contributed by atoms with van der Waals surface area (Å²) in [6.07, 6.45) is 4.16. The summed E-state index contributed by atoms with van der Waals surface area (Å²) in [5.74, 6) is -1.33. The van der Waals surface area contributed by atoms with E-state index < -0.39 is 23.8 Å². The minimum Gasteiger partial charge on any atom is -0.478 e. The standard InChI is InChI=1S/C26H29ClN4O5/c1-2-3-8-23-28-15-22(31(23)16-17-9-11-18(12-10-17)26(34)35)25(33)29-20(14-24(32)30-36)13-19-6-4-5-7-21(19)27/h4-7,9-12,15,20,36H,2-3,8,13-14,16H2,1H3,(H,29,33)(H,30,32)(H,34,35)/t20-/m1/s1. The summed E-state index contributed by atoms with van der Waals surface area (Å²) >= 11 is 6.28. The normalized spacial score (nSPS) is 11.6. The number of rotatable bonds is 12. The van der Waals surface area contributed by atoms with Crippen LogP contribution in [0.5, 0.6) is 0 Å². The van der Waals surface area contributed by atoms with Crippen LogP contribution in [-0.4, -0.2) is 43.7 Å². The Morgan fingerprint density at radius 1 is 1.11 bits per heavy atom. The van der Waals surface area contributed by atoms with Crippen LogP contribution in [0.3, 0.4) is 0 Å². The first-order valence-electron chi connectivity index (χ1n) is 11.7. The van der Waals surface area contributed by atoms with Gasteiger partial charge in [0.2, 0.25) is 5.91 Å². The van der Waals surface area contributed by atoms with Gasteiger partial charge < -0.3 is 15.0 Å². The van der Waals surface area contributed by atoms with Crippen molar-refractivity contribution < 1.29 is 24.7 Å². The number of benzene rings is 2. The number of nitrogens with one attached hydrogen (secondary N) is 2. The number of carbonyl (C=O) groups excluding carboxylic acids is 2. The molecule has 1 aromatic heterocycles. The second-order valence-corrected chi connectivity index (χ2v) is 8.86. The third-order valence-corrected chi connectivity index (χ3v) is 6.15. The molecule has 0 bridgehead atoms. The fraction of sp³-hybridized carbons (Fsp3) is 0.308. The van der Waals surface area contributed by atoms with E-state index in [0.717, 1.165) is 29.8 Å². The smallest absolute Gasteiger partial charge is 0.335 e. The van der Waals surface area contributed by atoms with Crippen molar-refractivity contribution in [3.05, 3.63) is 88.0 Å². The number of aromatic carboxylic acids is 1. The van der Waals surface area contributed by atoms with Gasteiger partial charge in [-0.15, -0.1) is 0 Å². The molecule has 10 heteroatoms. The Kier molecular flexibility index (Phi) is 9.61. The average molecular weight is 513 g/mol. The molecule has 36 heavy (non-hydrogen) atoms. The molecule has 9 nitrogen and oxygen atoms in total. The molecule has 0 fully saturated rings. The predicted molar refractivity (Wildman–Crippen MR) is 134 cm³/mol. The van der Waals surface area contributed by atoms with Crippen LogP contribution in [0.2, 0.25) is 5.02 Å². The number of unbranched alkanes of at least 4 members (excludes halogenated alkanes) is 1. The lowest BCUT2D eigenvalue weighted by molar-refractivity contribution is -0.129. The molecule has 190 valence electrons. The summed E-state index contributed by atoms with van der Waals surface area (Å²) in [5, 5.41) is 21.6. The first-order valence-corrected chi connectivity index (χ1v) is 12.0. The SMILES string of the molecule is CCCCc1ncc(C(=O)N[C@@H](CC(=O)NO)Cc2ccccc2Cl)n1Cc1ccc(C(=O)O)cc1. The molecule has 0 spiro atoms. The number of carbonyl (C=O) groups is 3. The predicted octanol–water partition coefficient (Wildman–Crippen LogP) is 3.86. The maximum absolute atomic E-state index is 13.4. The Morgan fingerprint density at radius 3 is 2.47 bits per heavy atom. The maximum Gasteiger partial charge on any atom is 0.335 e. The molecule has 1 heterocycles. The highest BCUT2D eigenvalue weighted by Crippen LogP contribution is 2.19. The van der Waals surface area contributed by atoms with Crippen LogP contribution >= 0.6 is 11.6 Å². The molecule has 3 rings (SSSR count). The number of carboxylic acids is 1. The zero-order chi connectivity index (χ0) is 26.1. The van der Waals surface area contributed by atoms with E-state index in [4.69, 9.17) is 21.9 Å². The lowest BCUT2D eigenvalue weighted by atomic mass is 10.0. The van der Waals surface area contributed by atoms with E-state index in [9.17, 15) is 14.4 Å². The molecule has 2 amide bonds. The van der Waals surface area contributed by atoms with Gasteiger partial charge in [-0.2, -0.15) is 0 Å². The van der Waals surface area contributed by atoms with Crippen molar-refractivity contribution in [2.45, 2.75) is 51.6 Å². The summed E-state index contributed by atoms with van der Waals surface area (Å²) < 4.78 is 1.80. The molecule has 0 aliphatic heterocycles. The van der Waals surface area contributed by atoms with Crippen LogP contribution in [0.25, 0.3) is 0 Å². The number of amides is 2. The number of nitrogens with zero attached hydrogens (tertiary/aromatic N) is 2. The van der Waals surface area contributed by atoms with Gasteiger partial charge in [-0.3, -0.25) is 14.8 Å². The molecule has 2 aromatic carbocycles. The van der Waals surface area contributed by atoms with Crippen LogP contribution in [0.1, 0.15) is 64.0 Å². The van der Waals surface area contributed by atoms with E-state index in [1.54, 1.807) is 34.3 Å². The van der Waals surface area contributed by atoms with Crippen LogP contribution in [-0.2, 0) is 24.2 Å². The number of carboxylic acid groups (broad SMARTS) is 1. The number of hydrogen-bond donors (Lipinski definition) is 4. The number of hydroxylamine groups is 1. The zero-order valence-electron chi connectivity index (χ0n) is 19.9.